The van der Waals surface area contributed by atoms with Crippen LogP contribution >= 0.6 is 0 Å². The summed E-state index contributed by atoms with van der Waals surface area (Å²) in [4.78, 5) is 49.4. The molecular weight excluding hydrogens is 1420 g/mol. The van der Waals surface area contributed by atoms with Gasteiger partial charge in [0.05, 0.1) is 48.7 Å². The third-order valence-electron chi connectivity index (χ3n) is 19.7. The van der Waals surface area contributed by atoms with Gasteiger partial charge >= 0.3 is 23.9 Å². The van der Waals surface area contributed by atoms with Crippen LogP contribution in [0.4, 0.5) is 0 Å². The number of rotatable bonds is 54. The Kier molecular flexibility index (Phi) is 52.1. The number of carbonyl (C=O) groups excluding carboxylic acids is 4. The highest BCUT2D eigenvalue weighted by atomic mass is 16.5. The lowest BCUT2D eigenvalue weighted by molar-refractivity contribution is 0.0725. The van der Waals surface area contributed by atoms with Crippen LogP contribution in [0.3, 0.4) is 0 Å². The van der Waals surface area contributed by atoms with E-state index in [4.69, 9.17) is 37.9 Å². The SMILES string of the molecule is CCCCCCCOc1ccc(C(=O)Oc2ccc(CCCCC)cc2)cc1.CCCCCCCOc1ccc(C(=O)Oc2ccc(OCCCCCC)cc2)cc1.CCCCCCCc1ccc(C(=O)Oc2ccc(CCCCC)cc2)cc1.CCCCCCCc1ccc(C(=O)Oc2ccc(OCCCCCC)cc2)cc1. The van der Waals surface area contributed by atoms with E-state index in [-0.39, 0.29) is 23.9 Å². The number of hydrogen-bond donors (Lipinski definition) is 0. The predicted molar refractivity (Wildman–Crippen MR) is 471 cm³/mol. The van der Waals surface area contributed by atoms with Crippen molar-refractivity contribution in [2.75, 3.05) is 26.4 Å². The summed E-state index contributed by atoms with van der Waals surface area (Å²) in [7, 11) is 0. The Morgan fingerprint density at radius 1 is 0.175 bits per heavy atom. The van der Waals surface area contributed by atoms with Crippen molar-refractivity contribution in [3.63, 3.8) is 0 Å². The Balaban J connectivity index is 0.000000272. The molecule has 0 aliphatic heterocycles. The zero-order valence-electron chi connectivity index (χ0n) is 71.1. The van der Waals surface area contributed by atoms with Gasteiger partial charge in [0.1, 0.15) is 46.0 Å². The van der Waals surface area contributed by atoms with Crippen molar-refractivity contribution in [3.05, 3.63) is 239 Å². The average Bonchev–Trinajstić information content (AvgIpc) is 0.880. The fraction of sp³-hybridized carbons (Fsp3) is 0.490. The molecule has 0 heterocycles. The maximum Gasteiger partial charge on any atom is 0.343 e. The molecule has 0 bridgehead atoms. The number of ether oxygens (including phenoxy) is 8. The number of aryl methyl sites for hydroxylation is 4. The molecule has 0 aliphatic carbocycles. The van der Waals surface area contributed by atoms with E-state index in [9.17, 15) is 19.2 Å². The third-order valence-corrected chi connectivity index (χ3v) is 19.7. The lowest BCUT2D eigenvalue weighted by Crippen LogP contribution is -2.08. The first kappa shape index (κ1) is 95.4. The Morgan fingerprint density at radius 3 is 0.553 bits per heavy atom. The highest BCUT2D eigenvalue weighted by molar-refractivity contribution is 5.93. The molecule has 0 saturated carbocycles. The molecule has 12 nitrogen and oxygen atoms in total. The first-order chi connectivity index (χ1) is 55.9. The second-order valence-corrected chi connectivity index (χ2v) is 29.8. The summed E-state index contributed by atoms with van der Waals surface area (Å²) in [6, 6.07) is 60.1. The molecule has 12 heteroatoms. The van der Waals surface area contributed by atoms with Gasteiger partial charge in [-0.1, -0.05) is 271 Å². The van der Waals surface area contributed by atoms with E-state index in [1.807, 2.05) is 133 Å². The summed E-state index contributed by atoms with van der Waals surface area (Å²) in [5, 5.41) is 0. The monoisotopic (exact) mass is 1560 g/mol. The first-order valence-corrected chi connectivity index (χ1v) is 44.1. The van der Waals surface area contributed by atoms with Crippen molar-refractivity contribution in [2.24, 2.45) is 0 Å². The van der Waals surface area contributed by atoms with Gasteiger partial charge < -0.3 is 37.9 Å². The van der Waals surface area contributed by atoms with Crippen LogP contribution in [0.5, 0.6) is 46.0 Å². The fourth-order valence-electron chi connectivity index (χ4n) is 12.6. The minimum atomic E-state index is -0.380. The molecular formula is C102H140O12. The molecule has 0 amide bonds. The second-order valence-electron chi connectivity index (χ2n) is 29.8. The van der Waals surface area contributed by atoms with Crippen LogP contribution < -0.4 is 37.9 Å². The van der Waals surface area contributed by atoms with Crippen molar-refractivity contribution >= 4 is 23.9 Å². The minimum absolute atomic E-state index is 0.289. The number of hydrogen-bond acceptors (Lipinski definition) is 12. The van der Waals surface area contributed by atoms with Crippen LogP contribution in [-0.4, -0.2) is 50.3 Å². The molecule has 620 valence electrons. The van der Waals surface area contributed by atoms with Crippen molar-refractivity contribution in [3.8, 4) is 46.0 Å². The standard InChI is InChI=1S/C26H36O4.C26H36O3.C25H34O3.C25H34O2/c1-3-5-7-9-11-21-28-23-14-12-22(13-15-23)26(27)30-25-18-16-24(17-19-25)29-20-10-8-6-4-2;1-3-5-7-9-10-12-22-13-15-23(16-14-22)26(27)29-25-19-17-24(18-20-25)28-21-11-8-6-4-2;1-3-5-7-8-10-20-27-23-18-14-22(15-19-23)25(26)28-24-16-12-21(13-17-24)11-9-6-4-2;1-3-5-7-8-10-12-21-13-17-23(18-14-21)25(26)27-24-19-15-22(16-20-24)11-9-6-4-2/h12-19H,3-11,20-21H2,1-2H3;13-20H,3-12,21H2,1-2H3;12-19H,3-11,20H2,1-2H3;13-20H,3-12H2,1-2H3. The quantitative estimate of drug-likeness (QED) is 0.0203. The molecule has 8 aromatic carbocycles. The molecule has 0 aromatic heterocycles. The number of benzene rings is 8. The van der Waals surface area contributed by atoms with Crippen LogP contribution in [0.2, 0.25) is 0 Å². The summed E-state index contributed by atoms with van der Waals surface area (Å²) in [5.41, 5.74) is 7.37. The average molecular weight is 1560 g/mol. The molecule has 114 heavy (non-hydrogen) atoms. The lowest BCUT2D eigenvalue weighted by atomic mass is 10.0. The highest BCUT2D eigenvalue weighted by Gasteiger charge is 2.14. The van der Waals surface area contributed by atoms with E-state index < -0.39 is 0 Å². The normalized spacial score (nSPS) is 10.7. The van der Waals surface area contributed by atoms with E-state index in [0.29, 0.717) is 58.5 Å². The number of esters is 4. The van der Waals surface area contributed by atoms with Gasteiger partial charge in [-0.25, -0.2) is 19.2 Å². The van der Waals surface area contributed by atoms with Gasteiger partial charge in [0.15, 0.2) is 0 Å². The van der Waals surface area contributed by atoms with Crippen LogP contribution in [0.15, 0.2) is 194 Å². The van der Waals surface area contributed by atoms with E-state index in [1.54, 1.807) is 48.5 Å². The van der Waals surface area contributed by atoms with Crippen molar-refractivity contribution < 1.29 is 57.1 Å². The zero-order chi connectivity index (χ0) is 81.5. The van der Waals surface area contributed by atoms with E-state index in [2.05, 4.69) is 67.5 Å². The van der Waals surface area contributed by atoms with Crippen LogP contribution in [0.25, 0.3) is 0 Å². The molecule has 0 fully saturated rings. The highest BCUT2D eigenvalue weighted by Crippen LogP contribution is 2.25. The van der Waals surface area contributed by atoms with E-state index >= 15 is 0 Å². The maximum absolute atomic E-state index is 12.4. The Hall–Kier alpha value is -9.16. The zero-order valence-corrected chi connectivity index (χ0v) is 71.1. The molecule has 0 aliphatic rings. The Morgan fingerprint density at radius 2 is 0.325 bits per heavy atom. The molecule has 0 N–H and O–H groups in total. The number of carbonyl (C=O) groups is 4. The van der Waals surface area contributed by atoms with Crippen molar-refractivity contribution in [1.29, 1.82) is 0 Å². The van der Waals surface area contributed by atoms with E-state index in [0.717, 1.165) is 87.6 Å². The van der Waals surface area contributed by atoms with Gasteiger partial charge in [0, 0.05) is 0 Å². The summed E-state index contributed by atoms with van der Waals surface area (Å²) >= 11 is 0. The van der Waals surface area contributed by atoms with Crippen molar-refractivity contribution in [2.45, 2.75) is 299 Å². The maximum atomic E-state index is 12.4. The van der Waals surface area contributed by atoms with Crippen LogP contribution in [-0.2, 0) is 25.7 Å². The second kappa shape index (κ2) is 62.2. The first-order valence-electron chi connectivity index (χ1n) is 44.1. The molecule has 0 spiro atoms. The fourth-order valence-corrected chi connectivity index (χ4v) is 12.6. The van der Waals surface area contributed by atoms with Gasteiger partial charge in [0.25, 0.3) is 0 Å². The lowest BCUT2D eigenvalue weighted by Gasteiger charge is -2.09. The van der Waals surface area contributed by atoms with Gasteiger partial charge in [0.2, 0.25) is 0 Å². The Labute approximate surface area is 687 Å². The summed E-state index contributed by atoms with van der Waals surface area (Å²) in [6.07, 6.45) is 46.0. The third kappa shape index (κ3) is 43.4. The summed E-state index contributed by atoms with van der Waals surface area (Å²) in [5.74, 6) is 4.07. The molecule has 0 unspecified atom stereocenters. The van der Waals surface area contributed by atoms with Gasteiger partial charge in [-0.05, 0) is 245 Å². The van der Waals surface area contributed by atoms with Crippen LogP contribution in [0, 0.1) is 0 Å². The molecule has 8 rings (SSSR count). The molecule has 8 aromatic rings. The largest absolute Gasteiger partial charge is 0.494 e. The van der Waals surface area contributed by atoms with Crippen molar-refractivity contribution in [1.82, 2.24) is 0 Å². The van der Waals surface area contributed by atoms with Gasteiger partial charge in [-0.3, -0.25) is 0 Å². The topological polar surface area (TPSA) is 142 Å². The summed E-state index contributed by atoms with van der Waals surface area (Å²) in [6.45, 7) is 20.6. The molecule has 0 atom stereocenters. The molecule has 0 saturated heterocycles. The van der Waals surface area contributed by atoms with Gasteiger partial charge in [-0.15, -0.1) is 0 Å². The predicted octanol–water partition coefficient (Wildman–Crippen LogP) is 28.7. The minimum Gasteiger partial charge on any atom is -0.494 e. The smallest absolute Gasteiger partial charge is 0.343 e. The van der Waals surface area contributed by atoms with Crippen LogP contribution in [0.1, 0.15) is 337 Å². The van der Waals surface area contributed by atoms with E-state index in [1.165, 1.54) is 215 Å². The molecule has 0 radical (unpaired) electrons. The number of unbranched alkanes of at least 4 members (excludes halogenated alkanes) is 26. The van der Waals surface area contributed by atoms with Gasteiger partial charge in [-0.2, -0.15) is 0 Å². The summed E-state index contributed by atoms with van der Waals surface area (Å²) < 4.78 is 44.8. The Bertz CT molecular complexity index is 3720.